The molecule has 3 rings (SSSR count). The van der Waals surface area contributed by atoms with Crippen LogP contribution in [0.15, 0.2) is 42.5 Å². The molecule has 2 aromatic rings. The van der Waals surface area contributed by atoms with Gasteiger partial charge in [0.1, 0.15) is 0 Å². The number of benzene rings is 1. The Balaban J connectivity index is 1.56. The van der Waals surface area contributed by atoms with E-state index >= 15 is 0 Å². The van der Waals surface area contributed by atoms with Gasteiger partial charge in [0.15, 0.2) is 11.5 Å². The molecule has 1 aliphatic heterocycles. The van der Waals surface area contributed by atoms with Gasteiger partial charge >= 0.3 is 6.09 Å². The van der Waals surface area contributed by atoms with E-state index in [1.54, 1.807) is 28.9 Å². The molecule has 0 saturated carbocycles. The quantitative estimate of drug-likeness (QED) is 0.904. The van der Waals surface area contributed by atoms with E-state index < -0.39 is 0 Å². The van der Waals surface area contributed by atoms with Gasteiger partial charge in [-0.25, -0.2) is 4.79 Å². The van der Waals surface area contributed by atoms with Crippen LogP contribution in [0.2, 0.25) is 0 Å². The number of amides is 2. The summed E-state index contributed by atoms with van der Waals surface area (Å²) in [5, 5.41) is 11.2. The van der Waals surface area contributed by atoms with Gasteiger partial charge in [-0.05, 0) is 31.2 Å². The zero-order valence-electron chi connectivity index (χ0n) is 14.6. The lowest BCUT2D eigenvalue weighted by Gasteiger charge is -2.33. The third-order valence-electron chi connectivity index (χ3n) is 4.02. The molecule has 26 heavy (non-hydrogen) atoms. The molecule has 1 aromatic heterocycles. The molecule has 1 aliphatic rings. The highest BCUT2D eigenvalue weighted by Crippen LogP contribution is 2.14. The molecule has 8 nitrogen and oxygen atoms in total. The Labute approximate surface area is 151 Å². The van der Waals surface area contributed by atoms with Crippen LogP contribution in [-0.4, -0.2) is 64.8 Å². The molecule has 0 unspecified atom stereocenters. The van der Waals surface area contributed by atoms with E-state index in [0.29, 0.717) is 38.6 Å². The molecule has 1 aromatic carbocycles. The van der Waals surface area contributed by atoms with Crippen molar-refractivity contribution in [3.63, 3.8) is 0 Å². The van der Waals surface area contributed by atoms with Crippen molar-refractivity contribution in [3.8, 4) is 0 Å². The maximum atomic E-state index is 12.5. The lowest BCUT2D eigenvalue weighted by atomic mass is 10.2. The minimum Gasteiger partial charge on any atom is -0.450 e. The van der Waals surface area contributed by atoms with E-state index in [4.69, 9.17) is 4.74 Å². The Morgan fingerprint density at radius 2 is 1.69 bits per heavy atom. The third-order valence-corrected chi connectivity index (χ3v) is 4.02. The summed E-state index contributed by atoms with van der Waals surface area (Å²) in [7, 11) is 0. The highest BCUT2D eigenvalue weighted by atomic mass is 16.6. The molecule has 0 bridgehead atoms. The molecule has 136 valence electrons. The number of hydrogen-bond acceptors (Lipinski definition) is 6. The van der Waals surface area contributed by atoms with Crippen molar-refractivity contribution in [2.45, 2.75) is 6.92 Å². The second-order valence-corrected chi connectivity index (χ2v) is 5.77. The van der Waals surface area contributed by atoms with E-state index in [-0.39, 0.29) is 17.7 Å². The van der Waals surface area contributed by atoms with E-state index in [1.165, 1.54) is 0 Å². The molecular formula is C18H21N5O3. The molecule has 1 saturated heterocycles. The summed E-state index contributed by atoms with van der Waals surface area (Å²) < 4.78 is 4.98. The molecule has 0 aliphatic carbocycles. The van der Waals surface area contributed by atoms with Gasteiger partial charge in [-0.3, -0.25) is 4.79 Å². The summed E-state index contributed by atoms with van der Waals surface area (Å²) in [5.74, 6) is 0.382. The van der Waals surface area contributed by atoms with E-state index in [1.807, 2.05) is 30.3 Å². The summed E-state index contributed by atoms with van der Waals surface area (Å²) in [6.45, 7) is 3.91. The van der Waals surface area contributed by atoms with E-state index in [0.717, 1.165) is 5.69 Å². The number of para-hydroxylation sites is 1. The fraction of sp³-hybridized carbons (Fsp3) is 0.333. The SMILES string of the molecule is CCOC(=O)N1CCN(C(=O)c2ccc(Nc3ccccc3)nn2)CC1. The summed E-state index contributed by atoms with van der Waals surface area (Å²) in [6, 6.07) is 13.0. The number of aromatic nitrogens is 2. The molecule has 1 N–H and O–H groups in total. The van der Waals surface area contributed by atoms with Crippen LogP contribution >= 0.6 is 0 Å². The predicted octanol–water partition coefficient (Wildman–Crippen LogP) is 2.13. The minimum absolute atomic E-state index is 0.188. The van der Waals surface area contributed by atoms with Crippen LogP contribution in [0.5, 0.6) is 0 Å². The van der Waals surface area contributed by atoms with Crippen LogP contribution in [0.3, 0.4) is 0 Å². The number of piperazine rings is 1. The summed E-state index contributed by atoms with van der Waals surface area (Å²) >= 11 is 0. The Morgan fingerprint density at radius 1 is 1.00 bits per heavy atom. The van der Waals surface area contributed by atoms with Gasteiger partial charge in [0.05, 0.1) is 6.61 Å². The van der Waals surface area contributed by atoms with Gasteiger partial charge in [-0.15, -0.1) is 10.2 Å². The lowest BCUT2D eigenvalue weighted by molar-refractivity contribution is 0.0565. The third kappa shape index (κ3) is 4.27. The largest absolute Gasteiger partial charge is 0.450 e. The summed E-state index contributed by atoms with van der Waals surface area (Å²) in [6.07, 6.45) is -0.337. The molecule has 2 heterocycles. The number of hydrogen-bond donors (Lipinski definition) is 1. The van der Waals surface area contributed by atoms with E-state index in [2.05, 4.69) is 15.5 Å². The predicted molar refractivity (Wildman–Crippen MR) is 96.3 cm³/mol. The topological polar surface area (TPSA) is 87.7 Å². The van der Waals surface area contributed by atoms with Crippen molar-refractivity contribution in [2.75, 3.05) is 38.1 Å². The Bertz CT molecular complexity index is 743. The fourth-order valence-corrected chi connectivity index (χ4v) is 2.65. The number of rotatable bonds is 4. The average molecular weight is 355 g/mol. The number of nitrogens with one attached hydrogen (secondary N) is 1. The second kappa shape index (κ2) is 8.28. The maximum Gasteiger partial charge on any atom is 0.409 e. The number of carbonyl (C=O) groups excluding carboxylic acids is 2. The van der Waals surface area contributed by atoms with Gasteiger partial charge < -0.3 is 19.9 Å². The van der Waals surface area contributed by atoms with E-state index in [9.17, 15) is 9.59 Å². The molecular weight excluding hydrogens is 334 g/mol. The van der Waals surface area contributed by atoms with Crippen LogP contribution in [-0.2, 0) is 4.74 Å². The standard InChI is InChI=1S/C18H21N5O3/c1-2-26-18(25)23-12-10-22(11-13-23)17(24)15-8-9-16(21-20-15)19-14-6-4-3-5-7-14/h3-9H,2,10-13H2,1H3,(H,19,21). The number of carbonyl (C=O) groups is 2. The molecule has 0 radical (unpaired) electrons. The Kier molecular flexibility index (Phi) is 5.62. The van der Waals surface area contributed by atoms with Crippen molar-refractivity contribution in [1.29, 1.82) is 0 Å². The maximum absolute atomic E-state index is 12.5. The Hall–Kier alpha value is -3.16. The van der Waals surface area contributed by atoms with Crippen LogP contribution in [0.4, 0.5) is 16.3 Å². The monoisotopic (exact) mass is 355 g/mol. The summed E-state index contributed by atoms with van der Waals surface area (Å²) in [5.41, 5.74) is 1.18. The van der Waals surface area contributed by atoms with Gasteiger partial charge in [0, 0.05) is 31.9 Å². The zero-order valence-corrected chi connectivity index (χ0v) is 14.6. The number of anilines is 2. The molecule has 0 spiro atoms. The van der Waals surface area contributed by atoms with Crippen LogP contribution in [0.1, 0.15) is 17.4 Å². The molecule has 2 amide bonds. The first-order chi connectivity index (χ1) is 12.7. The number of ether oxygens (including phenoxy) is 1. The fourth-order valence-electron chi connectivity index (χ4n) is 2.65. The Morgan fingerprint density at radius 3 is 2.31 bits per heavy atom. The first-order valence-electron chi connectivity index (χ1n) is 8.54. The first-order valence-corrected chi connectivity index (χ1v) is 8.54. The molecule has 1 fully saturated rings. The van der Waals surface area contributed by atoms with Crippen molar-refractivity contribution >= 4 is 23.5 Å². The van der Waals surface area contributed by atoms with Crippen molar-refractivity contribution in [3.05, 3.63) is 48.2 Å². The van der Waals surface area contributed by atoms with Gasteiger partial charge in [0.2, 0.25) is 0 Å². The highest BCUT2D eigenvalue weighted by molar-refractivity contribution is 5.92. The minimum atomic E-state index is -0.337. The lowest BCUT2D eigenvalue weighted by Crippen LogP contribution is -2.50. The average Bonchev–Trinajstić information content (AvgIpc) is 2.69. The molecule has 8 heteroatoms. The van der Waals surface area contributed by atoms with Crippen LogP contribution in [0.25, 0.3) is 0 Å². The second-order valence-electron chi connectivity index (χ2n) is 5.77. The van der Waals surface area contributed by atoms with Crippen LogP contribution in [0, 0.1) is 0 Å². The van der Waals surface area contributed by atoms with Crippen molar-refractivity contribution in [1.82, 2.24) is 20.0 Å². The highest BCUT2D eigenvalue weighted by Gasteiger charge is 2.26. The zero-order chi connectivity index (χ0) is 18.4. The van der Waals surface area contributed by atoms with Gasteiger partial charge in [-0.2, -0.15) is 0 Å². The van der Waals surface area contributed by atoms with Crippen molar-refractivity contribution < 1.29 is 14.3 Å². The van der Waals surface area contributed by atoms with Crippen LogP contribution < -0.4 is 5.32 Å². The number of nitrogens with zero attached hydrogens (tertiary/aromatic N) is 4. The van der Waals surface area contributed by atoms with Gasteiger partial charge in [-0.1, -0.05) is 18.2 Å². The van der Waals surface area contributed by atoms with Crippen molar-refractivity contribution in [2.24, 2.45) is 0 Å². The van der Waals surface area contributed by atoms with Gasteiger partial charge in [0.25, 0.3) is 5.91 Å². The molecule has 0 atom stereocenters. The normalized spacial score (nSPS) is 14.0. The first kappa shape index (κ1) is 17.7. The smallest absolute Gasteiger partial charge is 0.409 e. The summed E-state index contributed by atoms with van der Waals surface area (Å²) in [4.78, 5) is 27.5.